The smallest absolute Gasteiger partial charge is 0.252 e. The van der Waals surface area contributed by atoms with Gasteiger partial charge < -0.3 is 27.8 Å². The predicted molar refractivity (Wildman–Crippen MR) is 455 cm³/mol. The van der Waals surface area contributed by atoms with Crippen LogP contribution in [0.2, 0.25) is 0 Å². The van der Waals surface area contributed by atoms with Crippen LogP contribution in [-0.4, -0.2) is 15.8 Å². The maximum atomic E-state index is 6.90. The van der Waals surface area contributed by atoms with Crippen LogP contribution in [0.25, 0.3) is 132 Å². The van der Waals surface area contributed by atoms with E-state index in [1.165, 1.54) is 71.2 Å². The van der Waals surface area contributed by atoms with Crippen LogP contribution in [0.4, 0.5) is 34.1 Å². The van der Waals surface area contributed by atoms with E-state index in [1.54, 1.807) is 0 Å². The fraction of sp³-hybridized carbons (Fsp3) is 0.160. The van der Waals surface area contributed by atoms with E-state index in [1.807, 2.05) is 0 Å². The molecule has 0 N–H and O–H groups in total. The largest absolute Gasteiger partial charge is 0.456 e. The van der Waals surface area contributed by atoms with E-state index < -0.39 is 0 Å². The Morgan fingerprint density at radius 3 is 1.12 bits per heavy atom. The molecule has 6 heterocycles. The average molecular weight is 1380 g/mol. The third-order valence-electron chi connectivity index (χ3n) is 23.3. The fourth-order valence-corrected chi connectivity index (χ4v) is 17.7. The van der Waals surface area contributed by atoms with Crippen molar-refractivity contribution in [2.75, 3.05) is 9.80 Å². The lowest BCUT2D eigenvalue weighted by Gasteiger charge is -2.45. The molecule has 0 saturated heterocycles. The van der Waals surface area contributed by atoms with Crippen LogP contribution in [0.5, 0.6) is 0 Å². The zero-order valence-corrected chi connectivity index (χ0v) is 62.8. The highest BCUT2D eigenvalue weighted by molar-refractivity contribution is 7.00. The van der Waals surface area contributed by atoms with Gasteiger partial charge in [-0.3, -0.25) is 0 Å². The van der Waals surface area contributed by atoms with Gasteiger partial charge in [-0.15, -0.1) is 0 Å². The minimum Gasteiger partial charge on any atom is -0.456 e. The third-order valence-corrected chi connectivity index (χ3v) is 23.3. The van der Waals surface area contributed by atoms with E-state index in [-0.39, 0.29) is 28.4 Å². The molecular formula is C100H83BN4O2. The Kier molecular flexibility index (Phi) is 14.0. The second-order valence-electron chi connectivity index (χ2n) is 34.1. The summed E-state index contributed by atoms with van der Waals surface area (Å²) in [6.45, 7) is 27.7. The number of aromatic nitrogens is 2. The van der Waals surface area contributed by atoms with Crippen molar-refractivity contribution in [1.29, 1.82) is 0 Å². The molecule has 4 aromatic heterocycles. The van der Waals surface area contributed by atoms with Crippen molar-refractivity contribution in [2.24, 2.45) is 0 Å². The quantitative estimate of drug-likeness (QED) is 0.149. The molecule has 18 aromatic rings. The number of rotatable bonds is 7. The highest BCUT2D eigenvalue weighted by Crippen LogP contribution is 2.53. The summed E-state index contributed by atoms with van der Waals surface area (Å²) in [6.07, 6.45) is 0. The molecule has 0 radical (unpaired) electrons. The number of fused-ring (bicyclic) bond motifs is 17. The SMILES string of the molecule is CC(C)(C)c1ccc(N2c3cc(-n4c5ccccc5c5ccccc54)ccc3B3c4ccc(-n5c6ccc(C(C)(C)C)cc6c6cc(C(C)(C)C)ccc65)cc4N(c4ccc(C(C)(C)C)cc4-c4ccccc4)c4cc(-c5ccc6oc7ccc8oc9ccccc9c8c7c6c5)cc2c43)c(-c2ccccc2)c1. The van der Waals surface area contributed by atoms with E-state index >= 15 is 0 Å². The number of nitrogens with zero attached hydrogens (tertiary/aromatic N) is 4. The number of para-hydroxylation sites is 3. The Morgan fingerprint density at radius 1 is 0.252 bits per heavy atom. The van der Waals surface area contributed by atoms with Gasteiger partial charge >= 0.3 is 0 Å². The first-order valence-corrected chi connectivity index (χ1v) is 37.9. The maximum absolute atomic E-state index is 6.90. The molecule has 0 spiro atoms. The minimum absolute atomic E-state index is 0.0605. The Labute approximate surface area is 625 Å². The van der Waals surface area contributed by atoms with E-state index in [0.29, 0.717) is 0 Å². The van der Waals surface area contributed by atoms with Crippen molar-refractivity contribution in [3.63, 3.8) is 0 Å². The van der Waals surface area contributed by atoms with Crippen molar-refractivity contribution in [3.05, 3.63) is 307 Å². The lowest BCUT2D eigenvalue weighted by atomic mass is 9.33. The van der Waals surface area contributed by atoms with Crippen LogP contribution in [0.3, 0.4) is 0 Å². The van der Waals surface area contributed by atoms with Crippen molar-refractivity contribution in [2.45, 2.75) is 105 Å². The minimum atomic E-state index is -0.249. The molecule has 0 aliphatic carbocycles. The summed E-state index contributed by atoms with van der Waals surface area (Å²) in [5.74, 6) is 0. The zero-order valence-electron chi connectivity index (χ0n) is 62.8. The van der Waals surface area contributed by atoms with Gasteiger partial charge in [0.25, 0.3) is 6.71 Å². The van der Waals surface area contributed by atoms with Crippen LogP contribution in [0.1, 0.15) is 105 Å². The summed E-state index contributed by atoms with van der Waals surface area (Å²) in [5, 5.41) is 9.17. The molecule has 0 amide bonds. The second kappa shape index (κ2) is 23.2. The van der Waals surface area contributed by atoms with Crippen LogP contribution in [0.15, 0.2) is 294 Å². The molecule has 518 valence electrons. The predicted octanol–water partition coefficient (Wildman–Crippen LogP) is 26.0. The highest BCUT2D eigenvalue weighted by Gasteiger charge is 2.45. The Balaban J connectivity index is 0.945. The van der Waals surface area contributed by atoms with E-state index in [0.717, 1.165) is 134 Å². The zero-order chi connectivity index (χ0) is 72.9. The second-order valence-corrected chi connectivity index (χ2v) is 34.1. The highest BCUT2D eigenvalue weighted by atomic mass is 16.3. The fourth-order valence-electron chi connectivity index (χ4n) is 17.7. The first-order valence-electron chi connectivity index (χ1n) is 37.9. The summed E-state index contributed by atoms with van der Waals surface area (Å²) >= 11 is 0. The summed E-state index contributed by atoms with van der Waals surface area (Å²) in [5.41, 5.74) is 32.0. The normalized spacial score (nSPS) is 13.4. The number of anilines is 6. The summed E-state index contributed by atoms with van der Waals surface area (Å²) < 4.78 is 18.6. The Hall–Kier alpha value is -12.1. The number of hydrogen-bond donors (Lipinski definition) is 0. The van der Waals surface area contributed by atoms with Gasteiger partial charge in [0.05, 0.1) is 33.4 Å². The van der Waals surface area contributed by atoms with E-state index in [2.05, 4.69) is 387 Å². The number of hydrogen-bond acceptors (Lipinski definition) is 4. The molecule has 0 fully saturated rings. The summed E-state index contributed by atoms with van der Waals surface area (Å²) in [6, 6.07) is 108. The van der Waals surface area contributed by atoms with Crippen LogP contribution >= 0.6 is 0 Å². The molecule has 7 heteroatoms. The number of furan rings is 2. The number of benzene rings is 14. The molecule has 6 nitrogen and oxygen atoms in total. The molecular weight excluding hydrogens is 1300 g/mol. The van der Waals surface area contributed by atoms with Gasteiger partial charge in [-0.05, 0) is 210 Å². The third kappa shape index (κ3) is 10.1. The molecule has 2 aliphatic heterocycles. The van der Waals surface area contributed by atoms with Crippen molar-refractivity contribution >= 4 is 145 Å². The van der Waals surface area contributed by atoms with Gasteiger partial charge in [-0.25, -0.2) is 0 Å². The lowest BCUT2D eigenvalue weighted by molar-refractivity contribution is 0.590. The summed E-state index contributed by atoms with van der Waals surface area (Å²) in [4.78, 5) is 5.32. The molecule has 14 aromatic carbocycles. The van der Waals surface area contributed by atoms with Crippen LogP contribution in [-0.2, 0) is 21.7 Å². The standard InChI is InChI=1S/C100H83BN4O2/c1-97(2,3)64-36-44-82(73(54-64)60-25-15-13-16-26-60)104-86-58-68(102-80-32-22-19-29-70(80)71-30-20-23-33-81(71)102)40-42-78(86)101-79-43-41-69(103-84-46-38-66(99(7,8)9)56-75(84)76-57-67(100(10,11)12)39-47-85(76)103)59-87(79)105(83-45-37-65(98(4,5)6)55-74(83)61-27-17-14-18-28-61)89-53-63(52-88(104)96(89)101)62-35-48-91-77(51-62)95-93(107-91)50-49-92-94(95)72-31-21-24-34-90(72)106-92/h13-59H,1-12H3. The molecule has 0 unspecified atom stereocenters. The molecule has 0 bridgehead atoms. The molecule has 2 aliphatic rings. The van der Waals surface area contributed by atoms with Crippen molar-refractivity contribution in [3.8, 4) is 44.8 Å². The molecule has 0 atom stereocenters. The first-order chi connectivity index (χ1) is 51.6. The molecule has 0 saturated carbocycles. The molecule has 107 heavy (non-hydrogen) atoms. The van der Waals surface area contributed by atoms with E-state index in [9.17, 15) is 0 Å². The maximum Gasteiger partial charge on any atom is 0.252 e. The van der Waals surface area contributed by atoms with Crippen molar-refractivity contribution in [1.82, 2.24) is 9.13 Å². The van der Waals surface area contributed by atoms with Gasteiger partial charge in [0.15, 0.2) is 0 Å². The van der Waals surface area contributed by atoms with Crippen LogP contribution in [0, 0.1) is 0 Å². The van der Waals surface area contributed by atoms with Gasteiger partial charge in [0, 0.05) is 88.3 Å². The first kappa shape index (κ1) is 64.5. The van der Waals surface area contributed by atoms with Gasteiger partial charge in [-0.2, -0.15) is 0 Å². The summed E-state index contributed by atoms with van der Waals surface area (Å²) in [7, 11) is 0. The van der Waals surface area contributed by atoms with Crippen LogP contribution < -0.4 is 26.2 Å². The monoisotopic (exact) mass is 1380 g/mol. The Morgan fingerprint density at radius 2 is 0.645 bits per heavy atom. The van der Waals surface area contributed by atoms with Gasteiger partial charge in [0.1, 0.15) is 22.3 Å². The Bertz CT molecular complexity index is 6630. The van der Waals surface area contributed by atoms with E-state index in [4.69, 9.17) is 8.83 Å². The van der Waals surface area contributed by atoms with Gasteiger partial charge in [-0.1, -0.05) is 241 Å². The lowest BCUT2D eigenvalue weighted by Crippen LogP contribution is -2.61. The average Bonchev–Trinajstić information content (AvgIpc) is 1.25. The van der Waals surface area contributed by atoms with Crippen molar-refractivity contribution < 1.29 is 8.83 Å². The molecule has 20 rings (SSSR count). The van der Waals surface area contributed by atoms with Gasteiger partial charge in [0.2, 0.25) is 0 Å². The topological polar surface area (TPSA) is 42.6 Å².